The summed E-state index contributed by atoms with van der Waals surface area (Å²) in [6, 6.07) is 16.2. The van der Waals surface area contributed by atoms with Gasteiger partial charge in [0.1, 0.15) is 6.61 Å². The lowest BCUT2D eigenvalue weighted by Crippen LogP contribution is -2.32. The number of ether oxygens (including phenoxy) is 4. The molecule has 3 rings (SSSR count). The zero-order chi connectivity index (χ0) is 22.1. The number of hydrogen-bond acceptors (Lipinski definition) is 7. The van der Waals surface area contributed by atoms with Gasteiger partial charge in [0, 0.05) is 23.8 Å². The number of rotatable bonds is 9. The Hall–Kier alpha value is -4.01. The normalized spacial score (nSPS) is 10.2. The third-order valence-corrected chi connectivity index (χ3v) is 4.27. The topological polar surface area (TPSA) is 104 Å². The Balaban J connectivity index is 1.47. The maximum absolute atomic E-state index is 12.2. The third-order valence-electron chi connectivity index (χ3n) is 4.27. The number of nitrogens with one attached hydrogen (secondary N) is 2. The van der Waals surface area contributed by atoms with Crippen molar-refractivity contribution in [1.82, 2.24) is 15.5 Å². The Kier molecular flexibility index (Phi) is 7.47. The first-order valence-electron chi connectivity index (χ1n) is 9.51. The molecule has 2 amide bonds. The van der Waals surface area contributed by atoms with Crippen molar-refractivity contribution in [1.29, 1.82) is 0 Å². The van der Waals surface area contributed by atoms with Crippen LogP contribution in [0.4, 0.5) is 10.5 Å². The van der Waals surface area contributed by atoms with Gasteiger partial charge in [-0.1, -0.05) is 30.3 Å². The first kappa shape index (κ1) is 21.7. The number of aromatic nitrogens is 2. The summed E-state index contributed by atoms with van der Waals surface area (Å²) in [5.41, 5.74) is 2.23. The molecule has 0 fully saturated rings. The van der Waals surface area contributed by atoms with Crippen LogP contribution in [0, 0.1) is 0 Å². The number of benzene rings is 2. The van der Waals surface area contributed by atoms with Gasteiger partial charge in [0.05, 0.1) is 39.3 Å². The Morgan fingerprint density at radius 1 is 0.903 bits per heavy atom. The molecule has 9 heteroatoms. The van der Waals surface area contributed by atoms with Crippen LogP contribution >= 0.6 is 0 Å². The SMILES string of the molecule is COc1cc(NC(=O)NCCOc2ccc(-c3ccccc3)nn2)cc(OC)c1OC. The molecule has 162 valence electrons. The number of amides is 2. The van der Waals surface area contributed by atoms with Gasteiger partial charge in [-0.25, -0.2) is 4.79 Å². The van der Waals surface area contributed by atoms with Gasteiger partial charge in [-0.2, -0.15) is 0 Å². The van der Waals surface area contributed by atoms with Crippen LogP contribution in [0.5, 0.6) is 23.1 Å². The maximum atomic E-state index is 12.2. The smallest absolute Gasteiger partial charge is 0.319 e. The molecule has 1 aromatic heterocycles. The molecule has 2 N–H and O–H groups in total. The predicted molar refractivity (Wildman–Crippen MR) is 116 cm³/mol. The lowest BCUT2D eigenvalue weighted by Gasteiger charge is -2.15. The van der Waals surface area contributed by atoms with E-state index < -0.39 is 6.03 Å². The van der Waals surface area contributed by atoms with Gasteiger partial charge in [0.15, 0.2) is 11.5 Å². The second kappa shape index (κ2) is 10.7. The molecular formula is C22H24N4O5. The molecule has 31 heavy (non-hydrogen) atoms. The lowest BCUT2D eigenvalue weighted by molar-refractivity contribution is 0.246. The number of nitrogens with zero attached hydrogens (tertiary/aromatic N) is 2. The van der Waals surface area contributed by atoms with Gasteiger partial charge in [0.2, 0.25) is 11.6 Å². The number of methoxy groups -OCH3 is 3. The molecule has 0 saturated heterocycles. The van der Waals surface area contributed by atoms with Crippen molar-refractivity contribution in [2.24, 2.45) is 0 Å². The van der Waals surface area contributed by atoms with E-state index in [1.165, 1.54) is 21.3 Å². The fourth-order valence-electron chi connectivity index (χ4n) is 2.81. The number of hydrogen-bond donors (Lipinski definition) is 2. The van der Waals surface area contributed by atoms with Gasteiger partial charge >= 0.3 is 6.03 Å². The summed E-state index contributed by atoms with van der Waals surface area (Å²) < 4.78 is 21.3. The van der Waals surface area contributed by atoms with E-state index in [2.05, 4.69) is 20.8 Å². The molecule has 0 spiro atoms. The standard InChI is InChI=1S/C22H24N4O5/c1-28-18-13-16(14-19(29-2)21(18)30-3)24-22(27)23-11-12-31-20-10-9-17(25-26-20)15-7-5-4-6-8-15/h4-10,13-14H,11-12H2,1-3H3,(H2,23,24,27). The Bertz CT molecular complexity index is 972. The van der Waals surface area contributed by atoms with Gasteiger partial charge < -0.3 is 29.6 Å². The fourth-order valence-corrected chi connectivity index (χ4v) is 2.81. The quantitative estimate of drug-likeness (QED) is 0.508. The zero-order valence-electron chi connectivity index (χ0n) is 17.5. The van der Waals surface area contributed by atoms with E-state index in [4.69, 9.17) is 18.9 Å². The minimum Gasteiger partial charge on any atom is -0.493 e. The minimum atomic E-state index is -0.400. The Morgan fingerprint density at radius 3 is 2.19 bits per heavy atom. The molecule has 3 aromatic rings. The van der Waals surface area contributed by atoms with E-state index in [-0.39, 0.29) is 13.2 Å². The van der Waals surface area contributed by atoms with Crippen molar-refractivity contribution in [2.75, 3.05) is 39.8 Å². The number of carbonyl (C=O) groups excluding carboxylic acids is 1. The van der Waals surface area contributed by atoms with Crippen molar-refractivity contribution in [3.05, 3.63) is 54.6 Å². The molecule has 0 unspecified atom stereocenters. The maximum Gasteiger partial charge on any atom is 0.319 e. The molecule has 0 saturated carbocycles. The van der Waals surface area contributed by atoms with E-state index in [0.29, 0.717) is 28.8 Å². The van der Waals surface area contributed by atoms with Crippen LogP contribution in [0.25, 0.3) is 11.3 Å². The Morgan fingerprint density at radius 2 is 1.61 bits per heavy atom. The van der Waals surface area contributed by atoms with Gasteiger partial charge in [-0.15, -0.1) is 10.2 Å². The molecule has 0 aliphatic carbocycles. The summed E-state index contributed by atoms with van der Waals surface area (Å²) in [5.74, 6) is 1.71. The molecule has 0 radical (unpaired) electrons. The minimum absolute atomic E-state index is 0.238. The summed E-state index contributed by atoms with van der Waals surface area (Å²) >= 11 is 0. The van der Waals surface area contributed by atoms with E-state index in [9.17, 15) is 4.79 Å². The van der Waals surface area contributed by atoms with Gasteiger partial charge in [-0.05, 0) is 6.07 Å². The predicted octanol–water partition coefficient (Wildman–Crippen LogP) is 3.37. The van der Waals surface area contributed by atoms with Crippen LogP contribution in [-0.2, 0) is 0 Å². The first-order chi connectivity index (χ1) is 15.1. The average Bonchev–Trinajstić information content (AvgIpc) is 2.82. The summed E-state index contributed by atoms with van der Waals surface area (Å²) in [4.78, 5) is 12.2. The number of anilines is 1. The first-order valence-corrected chi connectivity index (χ1v) is 9.51. The third kappa shape index (κ3) is 5.75. The van der Waals surface area contributed by atoms with Crippen molar-refractivity contribution in [3.63, 3.8) is 0 Å². The van der Waals surface area contributed by atoms with Crippen LogP contribution in [0.2, 0.25) is 0 Å². The second-order valence-corrected chi connectivity index (χ2v) is 6.27. The molecule has 0 aliphatic rings. The van der Waals surface area contributed by atoms with Crippen molar-refractivity contribution in [3.8, 4) is 34.4 Å². The summed E-state index contributed by atoms with van der Waals surface area (Å²) in [5, 5.41) is 13.6. The van der Waals surface area contributed by atoms with E-state index in [0.717, 1.165) is 11.3 Å². The van der Waals surface area contributed by atoms with E-state index in [1.807, 2.05) is 36.4 Å². The number of carbonyl (C=O) groups is 1. The van der Waals surface area contributed by atoms with Gasteiger partial charge in [-0.3, -0.25) is 0 Å². The molecule has 0 aliphatic heterocycles. The zero-order valence-corrected chi connectivity index (χ0v) is 17.5. The van der Waals surface area contributed by atoms with Gasteiger partial charge in [0.25, 0.3) is 0 Å². The molecular weight excluding hydrogens is 400 g/mol. The Labute approximate surface area is 180 Å². The second-order valence-electron chi connectivity index (χ2n) is 6.27. The molecule has 9 nitrogen and oxygen atoms in total. The van der Waals surface area contributed by atoms with Crippen LogP contribution in [0.1, 0.15) is 0 Å². The monoisotopic (exact) mass is 424 g/mol. The van der Waals surface area contributed by atoms with Crippen LogP contribution in [0.15, 0.2) is 54.6 Å². The highest BCUT2D eigenvalue weighted by molar-refractivity contribution is 5.90. The molecule has 1 heterocycles. The summed E-state index contributed by atoms with van der Waals surface area (Å²) in [6.07, 6.45) is 0. The molecule has 2 aromatic carbocycles. The molecule has 0 atom stereocenters. The highest BCUT2D eigenvalue weighted by atomic mass is 16.5. The van der Waals surface area contributed by atoms with Crippen molar-refractivity contribution < 1.29 is 23.7 Å². The highest BCUT2D eigenvalue weighted by Gasteiger charge is 2.14. The van der Waals surface area contributed by atoms with Crippen molar-refractivity contribution >= 4 is 11.7 Å². The molecule has 0 bridgehead atoms. The highest BCUT2D eigenvalue weighted by Crippen LogP contribution is 2.39. The lowest BCUT2D eigenvalue weighted by atomic mass is 10.1. The van der Waals surface area contributed by atoms with E-state index >= 15 is 0 Å². The summed E-state index contributed by atoms with van der Waals surface area (Å²) in [6.45, 7) is 0.514. The van der Waals surface area contributed by atoms with Crippen LogP contribution in [0.3, 0.4) is 0 Å². The average molecular weight is 424 g/mol. The van der Waals surface area contributed by atoms with Crippen LogP contribution < -0.4 is 29.6 Å². The fraction of sp³-hybridized carbons (Fsp3) is 0.227. The largest absolute Gasteiger partial charge is 0.493 e. The van der Waals surface area contributed by atoms with Crippen LogP contribution in [-0.4, -0.2) is 50.7 Å². The summed E-state index contributed by atoms with van der Waals surface area (Å²) in [7, 11) is 4.53. The number of urea groups is 1. The van der Waals surface area contributed by atoms with E-state index in [1.54, 1.807) is 18.2 Å². The van der Waals surface area contributed by atoms with Crippen molar-refractivity contribution in [2.45, 2.75) is 0 Å².